The monoisotopic (exact) mass is 327 g/mol. The molecule has 2 amide bonds. The lowest BCUT2D eigenvalue weighted by atomic mass is 10.2. The van der Waals surface area contributed by atoms with Crippen LogP contribution in [-0.4, -0.2) is 75.4 Å². The molecule has 0 radical (unpaired) electrons. The van der Waals surface area contributed by atoms with Crippen molar-refractivity contribution in [1.82, 2.24) is 19.9 Å². The highest BCUT2D eigenvalue weighted by atomic mass is 16.5. The number of carboxylic acids is 1. The highest BCUT2D eigenvalue weighted by Crippen LogP contribution is 2.07. The van der Waals surface area contributed by atoms with E-state index in [1.165, 1.54) is 11.1 Å². The van der Waals surface area contributed by atoms with Gasteiger partial charge in [0.2, 0.25) is 5.91 Å². The van der Waals surface area contributed by atoms with E-state index in [1.807, 2.05) is 0 Å². The van der Waals surface area contributed by atoms with Crippen LogP contribution in [0.15, 0.2) is 6.20 Å². The molecular formula is C12H17N5O6. The predicted octanol–water partition coefficient (Wildman–Crippen LogP) is -0.841. The van der Waals surface area contributed by atoms with Gasteiger partial charge in [0.1, 0.15) is 6.54 Å². The number of aromatic nitrogens is 3. The first-order valence-electron chi connectivity index (χ1n) is 6.95. The number of nitrogens with one attached hydrogen (secondary N) is 1. The zero-order chi connectivity index (χ0) is 16.8. The van der Waals surface area contributed by atoms with Crippen LogP contribution in [0.4, 0.5) is 10.6 Å². The first-order chi connectivity index (χ1) is 11.0. The summed E-state index contributed by atoms with van der Waals surface area (Å²) in [6, 6.07) is 0. The molecule has 2 rings (SSSR count). The van der Waals surface area contributed by atoms with Crippen LogP contribution in [0.2, 0.25) is 0 Å². The molecule has 0 aromatic carbocycles. The average molecular weight is 327 g/mol. The van der Waals surface area contributed by atoms with Crippen LogP contribution in [-0.2, 0) is 25.6 Å². The number of aliphatic carboxylic acids is 1. The van der Waals surface area contributed by atoms with Crippen molar-refractivity contribution in [3.63, 3.8) is 0 Å². The van der Waals surface area contributed by atoms with E-state index >= 15 is 0 Å². The minimum atomic E-state index is -1.11. The summed E-state index contributed by atoms with van der Waals surface area (Å²) in [4.78, 5) is 36.8. The lowest BCUT2D eigenvalue weighted by molar-refractivity contribution is -0.159. The summed E-state index contributed by atoms with van der Waals surface area (Å²) in [5.74, 6) is -1.29. The Hall–Kier alpha value is -2.69. The summed E-state index contributed by atoms with van der Waals surface area (Å²) in [5.41, 5.74) is 0. The van der Waals surface area contributed by atoms with Gasteiger partial charge in [-0.25, -0.2) is 9.59 Å². The lowest BCUT2D eigenvalue weighted by Crippen LogP contribution is -2.49. The van der Waals surface area contributed by atoms with Gasteiger partial charge >= 0.3 is 12.1 Å². The second-order valence-electron chi connectivity index (χ2n) is 4.64. The maximum atomic E-state index is 12.1. The quantitative estimate of drug-likeness (QED) is 0.714. The SMILES string of the molecule is CCOC(=O)Nc1cnn(CC(=O)N2CCOC(C(=O)O)C2)n1. The van der Waals surface area contributed by atoms with Gasteiger partial charge in [-0.3, -0.25) is 10.1 Å². The Kier molecular flexibility index (Phi) is 5.46. The van der Waals surface area contributed by atoms with Gasteiger partial charge in [-0.05, 0) is 6.92 Å². The normalized spacial score (nSPS) is 17.6. The molecule has 11 nitrogen and oxygen atoms in total. The Morgan fingerprint density at radius 2 is 2.30 bits per heavy atom. The van der Waals surface area contributed by atoms with E-state index in [4.69, 9.17) is 14.6 Å². The fraction of sp³-hybridized carbons (Fsp3) is 0.583. The molecular weight excluding hydrogens is 310 g/mol. The molecule has 1 unspecified atom stereocenters. The highest BCUT2D eigenvalue weighted by Gasteiger charge is 2.29. The van der Waals surface area contributed by atoms with Crippen molar-refractivity contribution in [2.45, 2.75) is 19.6 Å². The fourth-order valence-corrected chi connectivity index (χ4v) is 1.95. The molecule has 126 valence electrons. The number of amides is 2. The number of ether oxygens (including phenoxy) is 2. The standard InChI is InChI=1S/C12H17N5O6/c1-2-22-12(21)14-9-5-13-17(15-9)7-10(18)16-3-4-23-8(6-16)11(19)20/h5,8H,2-4,6-7H2,1H3,(H,19,20)(H,14,15,21). The number of carboxylic acid groups (broad SMARTS) is 1. The van der Waals surface area contributed by atoms with Gasteiger partial charge in [-0.2, -0.15) is 9.90 Å². The van der Waals surface area contributed by atoms with Gasteiger partial charge in [-0.1, -0.05) is 0 Å². The molecule has 1 aromatic rings. The van der Waals surface area contributed by atoms with Crippen LogP contribution in [0.25, 0.3) is 0 Å². The van der Waals surface area contributed by atoms with Crippen molar-refractivity contribution in [3.8, 4) is 0 Å². The van der Waals surface area contributed by atoms with Gasteiger partial charge < -0.3 is 19.5 Å². The molecule has 0 spiro atoms. The highest BCUT2D eigenvalue weighted by molar-refractivity contribution is 5.83. The summed E-state index contributed by atoms with van der Waals surface area (Å²) in [6.45, 7) is 2.16. The number of carbonyl (C=O) groups is 3. The molecule has 0 saturated carbocycles. The van der Waals surface area contributed by atoms with Crippen molar-refractivity contribution >= 4 is 23.8 Å². The number of anilines is 1. The summed E-state index contributed by atoms with van der Waals surface area (Å²) in [7, 11) is 0. The first kappa shape index (κ1) is 16.7. The first-order valence-corrected chi connectivity index (χ1v) is 6.95. The molecule has 1 atom stereocenters. The minimum Gasteiger partial charge on any atom is -0.479 e. The Morgan fingerprint density at radius 1 is 1.52 bits per heavy atom. The van der Waals surface area contributed by atoms with Crippen LogP contribution in [0.1, 0.15) is 6.92 Å². The molecule has 2 heterocycles. The molecule has 0 bridgehead atoms. The van der Waals surface area contributed by atoms with E-state index in [0.29, 0.717) is 6.54 Å². The number of carbonyl (C=O) groups excluding carboxylic acids is 2. The second-order valence-corrected chi connectivity index (χ2v) is 4.64. The molecule has 1 saturated heterocycles. The van der Waals surface area contributed by atoms with Gasteiger partial charge in [-0.15, -0.1) is 5.10 Å². The van der Waals surface area contributed by atoms with E-state index in [-0.39, 0.29) is 38.0 Å². The van der Waals surface area contributed by atoms with Gasteiger partial charge in [0.05, 0.1) is 26.0 Å². The topological polar surface area (TPSA) is 136 Å². The third-order valence-electron chi connectivity index (χ3n) is 3.01. The largest absolute Gasteiger partial charge is 0.479 e. The van der Waals surface area contributed by atoms with Crippen LogP contribution >= 0.6 is 0 Å². The van der Waals surface area contributed by atoms with Gasteiger partial charge in [0.25, 0.3) is 0 Å². The van der Waals surface area contributed by atoms with Gasteiger partial charge in [0.15, 0.2) is 11.9 Å². The molecule has 11 heteroatoms. The Balaban J connectivity index is 1.89. The smallest absolute Gasteiger partial charge is 0.412 e. The van der Waals surface area contributed by atoms with Crippen molar-refractivity contribution in [3.05, 3.63) is 6.20 Å². The summed E-state index contributed by atoms with van der Waals surface area (Å²) >= 11 is 0. The lowest BCUT2D eigenvalue weighted by Gasteiger charge is -2.30. The Bertz CT molecular complexity index is 588. The number of hydrogen-bond donors (Lipinski definition) is 2. The molecule has 0 aliphatic carbocycles. The van der Waals surface area contributed by atoms with Crippen molar-refractivity contribution < 1.29 is 29.0 Å². The molecule has 1 fully saturated rings. The molecule has 23 heavy (non-hydrogen) atoms. The van der Waals surface area contributed by atoms with Crippen LogP contribution < -0.4 is 5.32 Å². The maximum absolute atomic E-state index is 12.1. The fourth-order valence-electron chi connectivity index (χ4n) is 1.95. The number of hydrogen-bond acceptors (Lipinski definition) is 7. The van der Waals surface area contributed by atoms with Crippen LogP contribution in [0.5, 0.6) is 0 Å². The van der Waals surface area contributed by atoms with Crippen molar-refractivity contribution in [1.29, 1.82) is 0 Å². The number of rotatable bonds is 5. The molecule has 1 aliphatic heterocycles. The minimum absolute atomic E-state index is 0.0244. The third-order valence-corrected chi connectivity index (χ3v) is 3.01. The van der Waals surface area contributed by atoms with Gasteiger partial charge in [0, 0.05) is 6.54 Å². The van der Waals surface area contributed by atoms with Crippen LogP contribution in [0, 0.1) is 0 Å². The van der Waals surface area contributed by atoms with Crippen molar-refractivity contribution in [2.75, 3.05) is 31.6 Å². The Labute approximate surface area is 131 Å². The van der Waals surface area contributed by atoms with E-state index in [1.54, 1.807) is 6.92 Å². The van der Waals surface area contributed by atoms with E-state index in [9.17, 15) is 14.4 Å². The predicted molar refractivity (Wildman–Crippen MR) is 74.6 cm³/mol. The zero-order valence-corrected chi connectivity index (χ0v) is 12.5. The van der Waals surface area contributed by atoms with E-state index in [0.717, 1.165) is 4.80 Å². The van der Waals surface area contributed by atoms with E-state index in [2.05, 4.69) is 15.5 Å². The average Bonchev–Trinajstić information content (AvgIpc) is 2.94. The third kappa shape index (κ3) is 4.64. The maximum Gasteiger partial charge on any atom is 0.412 e. The molecule has 1 aliphatic rings. The summed E-state index contributed by atoms with van der Waals surface area (Å²) < 4.78 is 9.74. The second kappa shape index (κ2) is 7.54. The summed E-state index contributed by atoms with van der Waals surface area (Å²) in [6.07, 6.45) is -0.411. The molecule has 2 N–H and O–H groups in total. The van der Waals surface area contributed by atoms with E-state index < -0.39 is 18.2 Å². The summed E-state index contributed by atoms with van der Waals surface area (Å²) in [5, 5.41) is 19.1. The van der Waals surface area contributed by atoms with Crippen LogP contribution in [0.3, 0.4) is 0 Å². The number of nitrogens with zero attached hydrogens (tertiary/aromatic N) is 4. The molecule has 1 aromatic heterocycles. The zero-order valence-electron chi connectivity index (χ0n) is 12.5. The number of morpholine rings is 1. The van der Waals surface area contributed by atoms with Crippen molar-refractivity contribution in [2.24, 2.45) is 0 Å². The Morgan fingerprint density at radius 3 is 3.00 bits per heavy atom.